The lowest BCUT2D eigenvalue weighted by atomic mass is 10.1. The summed E-state index contributed by atoms with van der Waals surface area (Å²) in [6.45, 7) is 3.54. The minimum Gasteiger partial charge on any atom is -0.462 e. The van der Waals surface area contributed by atoms with Crippen LogP contribution in [0.4, 0.5) is 14.5 Å². The molecule has 1 heterocycles. The molecular weight excluding hydrogens is 408 g/mol. The van der Waals surface area contributed by atoms with Crippen LogP contribution in [-0.2, 0) is 15.2 Å². The number of benzene rings is 1. The first kappa shape index (κ1) is 22.4. The Hall–Kier alpha value is -2.88. The van der Waals surface area contributed by atoms with E-state index in [0.717, 1.165) is 0 Å². The molecule has 10 heteroatoms. The van der Waals surface area contributed by atoms with Crippen molar-refractivity contribution in [2.24, 2.45) is 0 Å². The van der Waals surface area contributed by atoms with Crippen molar-refractivity contribution in [1.29, 1.82) is 0 Å². The zero-order chi connectivity index (χ0) is 21.4. The number of amides is 1. The standard InChI is InChI=1S/C19H19F2NO6S/c1-3-26-17(24)11-7-12(18(25)27-4-2)9-13(8-11)22-16(23)15-6-5-14(28-15)10-29-19(20)21/h5-9,19H,3-4,10H2,1-2H3,(H,22,23). The number of rotatable bonds is 9. The molecule has 0 unspecified atom stereocenters. The van der Waals surface area contributed by atoms with E-state index < -0.39 is 23.6 Å². The lowest BCUT2D eigenvalue weighted by Gasteiger charge is -2.10. The topological polar surface area (TPSA) is 94.8 Å². The Morgan fingerprint density at radius 3 is 2.14 bits per heavy atom. The predicted molar refractivity (Wildman–Crippen MR) is 102 cm³/mol. The summed E-state index contributed by atoms with van der Waals surface area (Å²) < 4.78 is 39.6. The van der Waals surface area contributed by atoms with Gasteiger partial charge in [-0.3, -0.25) is 4.79 Å². The third-order valence-electron chi connectivity index (χ3n) is 3.45. The minimum atomic E-state index is -2.55. The number of thioether (sulfide) groups is 1. The van der Waals surface area contributed by atoms with Gasteiger partial charge < -0.3 is 19.2 Å². The molecule has 2 rings (SSSR count). The SMILES string of the molecule is CCOC(=O)c1cc(NC(=O)c2ccc(CSC(F)F)o2)cc(C(=O)OCC)c1. The van der Waals surface area contributed by atoms with Gasteiger partial charge in [0.05, 0.1) is 30.1 Å². The van der Waals surface area contributed by atoms with E-state index in [2.05, 4.69) is 5.32 Å². The fraction of sp³-hybridized carbons (Fsp3) is 0.316. The van der Waals surface area contributed by atoms with Crippen molar-refractivity contribution >= 4 is 35.3 Å². The van der Waals surface area contributed by atoms with E-state index in [-0.39, 0.29) is 47.3 Å². The van der Waals surface area contributed by atoms with E-state index in [1.807, 2.05) is 0 Å². The number of hydrogen-bond acceptors (Lipinski definition) is 7. The molecule has 0 aliphatic rings. The van der Waals surface area contributed by atoms with E-state index in [0.29, 0.717) is 11.8 Å². The summed E-state index contributed by atoms with van der Waals surface area (Å²) >= 11 is 0.371. The monoisotopic (exact) mass is 427 g/mol. The molecule has 0 aliphatic carbocycles. The number of nitrogens with one attached hydrogen (secondary N) is 1. The summed E-state index contributed by atoms with van der Waals surface area (Å²) in [4.78, 5) is 36.5. The molecule has 0 aliphatic heterocycles. The van der Waals surface area contributed by atoms with Crippen LogP contribution in [0.25, 0.3) is 0 Å². The van der Waals surface area contributed by atoms with Crippen molar-refractivity contribution in [2.75, 3.05) is 18.5 Å². The Morgan fingerprint density at radius 2 is 1.62 bits per heavy atom. The van der Waals surface area contributed by atoms with Crippen molar-refractivity contribution in [1.82, 2.24) is 0 Å². The van der Waals surface area contributed by atoms with Crippen LogP contribution >= 0.6 is 11.8 Å². The van der Waals surface area contributed by atoms with Crippen molar-refractivity contribution in [3.8, 4) is 0 Å². The Bertz CT molecular complexity index is 847. The van der Waals surface area contributed by atoms with Crippen LogP contribution < -0.4 is 5.32 Å². The Kier molecular flexibility index (Phi) is 8.20. The van der Waals surface area contributed by atoms with Gasteiger partial charge in [-0.1, -0.05) is 11.8 Å². The molecule has 0 atom stereocenters. The maximum Gasteiger partial charge on any atom is 0.338 e. The van der Waals surface area contributed by atoms with Crippen molar-refractivity contribution in [3.05, 3.63) is 53.0 Å². The van der Waals surface area contributed by atoms with Gasteiger partial charge in [0.2, 0.25) is 0 Å². The van der Waals surface area contributed by atoms with Gasteiger partial charge in [-0.2, -0.15) is 8.78 Å². The highest BCUT2D eigenvalue weighted by molar-refractivity contribution is 7.98. The molecule has 156 valence electrons. The summed E-state index contributed by atoms with van der Waals surface area (Å²) in [5.41, 5.74) is 0.255. The number of carbonyl (C=O) groups is 3. The molecule has 1 amide bonds. The molecule has 0 saturated carbocycles. The fourth-order valence-corrected chi connectivity index (χ4v) is 2.73. The average molecular weight is 427 g/mol. The average Bonchev–Trinajstić information content (AvgIpc) is 3.16. The fourth-order valence-electron chi connectivity index (χ4n) is 2.28. The van der Waals surface area contributed by atoms with E-state index >= 15 is 0 Å². The van der Waals surface area contributed by atoms with Crippen molar-refractivity contribution in [2.45, 2.75) is 25.4 Å². The summed E-state index contributed by atoms with van der Waals surface area (Å²) in [6.07, 6.45) is 0. The van der Waals surface area contributed by atoms with Gasteiger partial charge in [-0.05, 0) is 44.2 Å². The second kappa shape index (κ2) is 10.6. The van der Waals surface area contributed by atoms with E-state index in [1.54, 1.807) is 13.8 Å². The summed E-state index contributed by atoms with van der Waals surface area (Å²) in [5.74, 6) is -4.53. The van der Waals surface area contributed by atoms with Gasteiger partial charge in [0.15, 0.2) is 5.76 Å². The van der Waals surface area contributed by atoms with E-state index in [1.165, 1.54) is 30.3 Å². The van der Waals surface area contributed by atoms with Gasteiger partial charge in [0.25, 0.3) is 11.7 Å². The van der Waals surface area contributed by atoms with Crippen molar-refractivity contribution < 1.29 is 37.1 Å². The lowest BCUT2D eigenvalue weighted by Crippen LogP contribution is -2.14. The second-order valence-electron chi connectivity index (χ2n) is 5.53. The van der Waals surface area contributed by atoms with Crippen LogP contribution in [0.15, 0.2) is 34.7 Å². The van der Waals surface area contributed by atoms with Gasteiger partial charge >= 0.3 is 11.9 Å². The number of halogens is 2. The van der Waals surface area contributed by atoms with E-state index in [4.69, 9.17) is 13.9 Å². The van der Waals surface area contributed by atoms with Crippen LogP contribution in [0, 0.1) is 0 Å². The predicted octanol–water partition coefficient (Wildman–Crippen LogP) is 4.34. The molecule has 2 aromatic rings. The first-order valence-electron chi connectivity index (χ1n) is 8.63. The highest BCUT2D eigenvalue weighted by Crippen LogP contribution is 2.22. The van der Waals surface area contributed by atoms with Crippen LogP contribution in [0.2, 0.25) is 0 Å². The van der Waals surface area contributed by atoms with Crippen LogP contribution in [0.1, 0.15) is 50.9 Å². The molecule has 0 fully saturated rings. The highest BCUT2D eigenvalue weighted by Gasteiger charge is 2.18. The zero-order valence-corrected chi connectivity index (χ0v) is 16.5. The molecule has 0 radical (unpaired) electrons. The molecule has 1 N–H and O–H groups in total. The summed E-state index contributed by atoms with van der Waals surface area (Å²) in [7, 11) is 0. The third-order valence-corrected chi connectivity index (χ3v) is 4.15. The first-order valence-corrected chi connectivity index (χ1v) is 9.68. The molecule has 1 aromatic heterocycles. The molecule has 0 saturated heterocycles. The Morgan fingerprint density at radius 1 is 1.03 bits per heavy atom. The van der Waals surface area contributed by atoms with Crippen LogP contribution in [-0.4, -0.2) is 36.8 Å². The number of esters is 2. The number of furan rings is 1. The number of hydrogen-bond donors (Lipinski definition) is 1. The van der Waals surface area contributed by atoms with Gasteiger partial charge in [0.1, 0.15) is 5.76 Å². The number of anilines is 1. The molecule has 0 bridgehead atoms. The van der Waals surface area contributed by atoms with Gasteiger partial charge in [-0.15, -0.1) is 0 Å². The summed E-state index contributed by atoms with van der Waals surface area (Å²) in [6, 6.07) is 6.75. The van der Waals surface area contributed by atoms with Crippen LogP contribution in [0.3, 0.4) is 0 Å². The maximum atomic E-state index is 12.4. The number of alkyl halides is 2. The van der Waals surface area contributed by atoms with Crippen molar-refractivity contribution in [3.63, 3.8) is 0 Å². The number of carbonyl (C=O) groups excluding carboxylic acids is 3. The quantitative estimate of drug-likeness (QED) is 0.595. The second-order valence-corrected chi connectivity index (χ2v) is 6.51. The normalized spacial score (nSPS) is 10.7. The van der Waals surface area contributed by atoms with Gasteiger partial charge in [0, 0.05) is 5.69 Å². The zero-order valence-electron chi connectivity index (χ0n) is 15.7. The summed E-state index contributed by atoms with van der Waals surface area (Å²) in [5, 5.41) is 2.51. The smallest absolute Gasteiger partial charge is 0.338 e. The lowest BCUT2D eigenvalue weighted by molar-refractivity contribution is 0.0525. The number of ether oxygens (including phenoxy) is 2. The molecular formula is C19H19F2NO6S. The first-order chi connectivity index (χ1) is 13.8. The largest absolute Gasteiger partial charge is 0.462 e. The van der Waals surface area contributed by atoms with Gasteiger partial charge in [-0.25, -0.2) is 9.59 Å². The third kappa shape index (κ3) is 6.60. The maximum absolute atomic E-state index is 12.4. The molecule has 7 nitrogen and oxygen atoms in total. The minimum absolute atomic E-state index is 0.0566. The Labute approximate surface area is 169 Å². The molecule has 29 heavy (non-hydrogen) atoms. The molecule has 1 aromatic carbocycles. The Balaban J connectivity index is 2.22. The van der Waals surface area contributed by atoms with Crippen LogP contribution in [0.5, 0.6) is 0 Å². The molecule has 0 spiro atoms. The highest BCUT2D eigenvalue weighted by atomic mass is 32.2. The van der Waals surface area contributed by atoms with E-state index in [9.17, 15) is 23.2 Å².